The molecule has 25 nitrogen and oxygen atoms in total. The number of aryl methyl sites for hydroxylation is 3. The van der Waals surface area contributed by atoms with Crippen LogP contribution in [0.5, 0.6) is 0 Å². The normalized spacial score (nSPS) is 14.0. The summed E-state index contributed by atoms with van der Waals surface area (Å²) in [6.07, 6.45) is 3.67. The largest absolute Gasteiger partial charge is 0.462 e. The lowest BCUT2D eigenvalue weighted by Gasteiger charge is -2.37. The number of esters is 3. The smallest absolute Gasteiger partial charge is 0.345 e. The minimum Gasteiger partial charge on any atom is -0.462 e. The number of thiophene rings is 1. The summed E-state index contributed by atoms with van der Waals surface area (Å²) in [7, 11) is 11.9. The Morgan fingerprint density at radius 3 is 1.10 bits per heavy atom. The predicted octanol–water partition coefficient (Wildman–Crippen LogP) is 11.0. The third-order valence-corrected chi connectivity index (χ3v) is 20.8. The lowest BCUT2D eigenvalue weighted by Crippen LogP contribution is -2.49. The van der Waals surface area contributed by atoms with Gasteiger partial charge in [-0.1, -0.05) is 40.9 Å². The number of furan rings is 1. The molecule has 9 aromatic rings. The van der Waals surface area contributed by atoms with Gasteiger partial charge in [0.25, 0.3) is 34.4 Å². The van der Waals surface area contributed by atoms with Crippen LogP contribution in [0.3, 0.4) is 0 Å². The molecule has 0 spiro atoms. The van der Waals surface area contributed by atoms with Gasteiger partial charge in [-0.3, -0.25) is 28.8 Å². The first-order valence-corrected chi connectivity index (χ1v) is 38.8. The van der Waals surface area contributed by atoms with E-state index in [-0.39, 0.29) is 71.1 Å². The second-order valence-corrected chi connectivity index (χ2v) is 29.7. The molecule has 5 aromatic heterocycles. The van der Waals surface area contributed by atoms with Crippen LogP contribution in [-0.4, -0.2) is 239 Å². The predicted molar refractivity (Wildman–Crippen MR) is 431 cm³/mol. The first-order chi connectivity index (χ1) is 52.8. The zero-order chi connectivity index (χ0) is 79.0. The molecule has 3 saturated heterocycles. The van der Waals surface area contributed by atoms with Crippen molar-refractivity contribution in [1.29, 1.82) is 0 Å². The Morgan fingerprint density at radius 1 is 0.445 bits per heavy atom. The highest BCUT2D eigenvalue weighted by Crippen LogP contribution is 2.37. The maximum Gasteiger partial charge on any atom is 0.345 e. The van der Waals surface area contributed by atoms with Crippen molar-refractivity contribution >= 4 is 132 Å². The van der Waals surface area contributed by atoms with E-state index in [0.717, 1.165) is 49.8 Å². The van der Waals surface area contributed by atoms with Crippen molar-refractivity contribution in [2.45, 2.75) is 59.7 Å². The SMILES string of the molecule is CCOC(=O)c1c(N2CCN(C(=O)c3ccc(F)cc3)CC2)c2cc(Cl)ccc2n(CCCN(C)C)c1=O.CCOC(=O)c1c(N2CCN(C(=O)c3ccco3)CC2)c2cc(Cl)ccc2n(CCCN(C)C)c1=O.CCOC(=O)c1c(N2CCN(C(=O)c3cccs3)CC2)c2cc(Cl)ccc2n(CCCN(C)C)c1=O. The molecule has 0 aliphatic carbocycles. The maximum atomic E-state index is 13.8. The zero-order valence-corrected chi connectivity index (χ0v) is 66.6. The minimum atomic E-state index is -0.680. The monoisotopic (exact) mass is 1590 g/mol. The third-order valence-electron chi connectivity index (χ3n) is 19.2. The van der Waals surface area contributed by atoms with Crippen molar-refractivity contribution in [3.63, 3.8) is 0 Å². The highest BCUT2D eigenvalue weighted by atomic mass is 35.5. The molecule has 3 aliphatic rings. The van der Waals surface area contributed by atoms with Crippen LogP contribution < -0.4 is 31.4 Å². The molecule has 0 saturated carbocycles. The summed E-state index contributed by atoms with van der Waals surface area (Å²) in [6.45, 7) is 14.4. The van der Waals surface area contributed by atoms with Crippen LogP contribution in [0.1, 0.15) is 102 Å². The van der Waals surface area contributed by atoms with E-state index in [0.29, 0.717) is 163 Å². The number of aromatic nitrogens is 3. The number of nitrogens with zero attached hydrogens (tertiary/aromatic N) is 12. The van der Waals surface area contributed by atoms with E-state index in [1.807, 2.05) is 107 Å². The van der Waals surface area contributed by atoms with E-state index in [4.69, 9.17) is 53.4 Å². The van der Waals surface area contributed by atoms with Gasteiger partial charge in [0.1, 0.15) is 22.5 Å². The molecule has 0 atom stereocenters. The number of ether oxygens (including phenoxy) is 3. The maximum absolute atomic E-state index is 13.8. The Balaban J connectivity index is 0.000000176. The van der Waals surface area contributed by atoms with Crippen LogP contribution in [0.4, 0.5) is 21.5 Å². The topological polar surface area (TPSA) is 238 Å². The zero-order valence-electron chi connectivity index (χ0n) is 63.5. The van der Waals surface area contributed by atoms with Crippen LogP contribution in [0, 0.1) is 5.82 Å². The van der Waals surface area contributed by atoms with E-state index in [2.05, 4.69) is 4.90 Å². The molecule has 12 rings (SSSR count). The second-order valence-electron chi connectivity index (χ2n) is 27.5. The molecular formula is C80H94Cl3FN12O13S. The van der Waals surface area contributed by atoms with Gasteiger partial charge >= 0.3 is 17.9 Å². The number of hydrogen-bond acceptors (Lipinski definition) is 20. The molecule has 0 bridgehead atoms. The van der Waals surface area contributed by atoms with E-state index in [1.54, 1.807) is 92.8 Å². The van der Waals surface area contributed by atoms with Crippen molar-refractivity contribution < 1.29 is 51.8 Å². The number of benzene rings is 4. The Bertz CT molecular complexity index is 4750. The standard InChI is InChI=1S/C28H32ClFN4O4.C26H31ClN4O5.C26H31ClN4O4S/c1-4-38-28(37)24-25(32-14-16-33(17-15-32)26(35)19-6-9-21(30)10-7-19)22-18-20(29)8-11-23(22)34(27(24)36)13-5-12-31(2)3;2*1-4-35-26(34)22-23(29-12-14-30(15-13-29)24(32)21-7-5-16-36-21)19-17-18(27)8-9-20(19)31(25(22)33)11-6-10-28(2)3/h6-11,18H,4-5,12-17H2,1-3H3;2*5,7-9,16-17H,4,6,10-15H2,1-3H3. The second kappa shape index (κ2) is 38.4. The van der Waals surface area contributed by atoms with Crippen molar-refractivity contribution in [2.75, 3.05) is 175 Å². The third kappa shape index (κ3) is 19.6. The van der Waals surface area contributed by atoms with E-state index < -0.39 is 29.3 Å². The van der Waals surface area contributed by atoms with Gasteiger partial charge in [0, 0.05) is 135 Å². The van der Waals surface area contributed by atoms with Crippen LogP contribution in [0.15, 0.2) is 134 Å². The van der Waals surface area contributed by atoms with Gasteiger partial charge in [0.2, 0.25) is 0 Å². The number of rotatable bonds is 24. The van der Waals surface area contributed by atoms with Crippen LogP contribution in [0.2, 0.25) is 15.1 Å². The summed E-state index contributed by atoms with van der Waals surface area (Å²) < 4.78 is 39.5. The summed E-state index contributed by atoms with van der Waals surface area (Å²) in [4.78, 5) is 137. The molecule has 30 heteroatoms. The Hall–Kier alpha value is -9.61. The summed E-state index contributed by atoms with van der Waals surface area (Å²) in [5, 5.41) is 5.51. The van der Waals surface area contributed by atoms with Crippen molar-refractivity contribution in [3.05, 3.63) is 200 Å². The molecular weight excluding hydrogens is 1490 g/mol. The highest BCUT2D eigenvalue weighted by Gasteiger charge is 2.35. The number of hydrogen-bond donors (Lipinski definition) is 0. The van der Waals surface area contributed by atoms with Gasteiger partial charge in [-0.05, 0) is 204 Å². The summed E-state index contributed by atoms with van der Waals surface area (Å²) in [5.74, 6) is -2.48. The Kier molecular flexibility index (Phi) is 28.9. The van der Waals surface area contributed by atoms with E-state index >= 15 is 0 Å². The van der Waals surface area contributed by atoms with Gasteiger partial charge in [0.05, 0.1) is 64.6 Å². The first kappa shape index (κ1) is 82.9. The lowest BCUT2D eigenvalue weighted by atomic mass is 10.1. The number of fused-ring (bicyclic) bond motifs is 3. The van der Waals surface area contributed by atoms with Crippen LogP contribution in [-0.2, 0) is 33.8 Å². The summed E-state index contributed by atoms with van der Waals surface area (Å²) in [6, 6.07) is 28.5. The van der Waals surface area contributed by atoms with E-state index in [1.165, 1.54) is 41.9 Å². The van der Waals surface area contributed by atoms with Gasteiger partial charge in [0.15, 0.2) is 5.76 Å². The highest BCUT2D eigenvalue weighted by molar-refractivity contribution is 7.12. The quantitative estimate of drug-likeness (QED) is 0.0403. The average Bonchev–Trinajstić information content (AvgIpc) is 0.816. The number of pyridine rings is 3. The molecule has 8 heterocycles. The molecule has 586 valence electrons. The number of piperazine rings is 3. The van der Waals surface area contributed by atoms with Crippen LogP contribution >= 0.6 is 46.1 Å². The Morgan fingerprint density at radius 2 is 0.791 bits per heavy atom. The fourth-order valence-electron chi connectivity index (χ4n) is 14.0. The molecule has 3 aliphatic heterocycles. The van der Waals surface area contributed by atoms with Gasteiger partial charge in [-0.2, -0.15) is 0 Å². The molecule has 0 radical (unpaired) electrons. The minimum absolute atomic E-state index is 0.000483. The number of anilines is 3. The fourth-order valence-corrected chi connectivity index (χ4v) is 15.2. The molecule has 3 amide bonds. The molecule has 0 unspecified atom stereocenters. The number of carbonyl (C=O) groups is 6. The van der Waals surface area contributed by atoms with Gasteiger partial charge < -0.3 is 76.4 Å². The lowest BCUT2D eigenvalue weighted by molar-refractivity contribution is 0.0514. The molecule has 0 N–H and O–H groups in total. The fraction of sp³-hybridized carbons (Fsp3) is 0.412. The van der Waals surface area contributed by atoms with E-state index in [9.17, 15) is 47.5 Å². The first-order valence-electron chi connectivity index (χ1n) is 36.8. The van der Waals surface area contributed by atoms with Crippen molar-refractivity contribution in [2.24, 2.45) is 0 Å². The van der Waals surface area contributed by atoms with Crippen molar-refractivity contribution in [3.8, 4) is 0 Å². The molecule has 110 heavy (non-hydrogen) atoms. The van der Waals surface area contributed by atoms with Gasteiger partial charge in [-0.15, -0.1) is 11.3 Å². The molecule has 3 fully saturated rings. The summed E-state index contributed by atoms with van der Waals surface area (Å²) >= 11 is 20.6. The number of halogens is 4. The van der Waals surface area contributed by atoms with Crippen molar-refractivity contribution in [1.82, 2.24) is 43.1 Å². The Labute approximate surface area is 656 Å². The molecule has 4 aromatic carbocycles. The van der Waals surface area contributed by atoms with Gasteiger partial charge in [-0.25, -0.2) is 18.8 Å². The van der Waals surface area contributed by atoms with Crippen LogP contribution in [0.25, 0.3) is 32.7 Å². The average molecular weight is 1590 g/mol. The number of carbonyl (C=O) groups excluding carboxylic acids is 6. The number of amides is 3. The summed E-state index contributed by atoms with van der Waals surface area (Å²) in [5.41, 5.74) is 2.88.